The molecule has 1 rings (SSSR count). The number of carboxylic acid groups (broad SMARTS) is 2. The minimum atomic E-state index is -1.34. The first-order valence-electron chi connectivity index (χ1n) is 3.39. The van der Waals surface area contributed by atoms with Gasteiger partial charge in [0, 0.05) is 5.69 Å². The second kappa shape index (κ2) is 4.99. The molecule has 1 aromatic rings. The Morgan fingerprint density at radius 1 is 1.14 bits per heavy atom. The van der Waals surface area contributed by atoms with Crippen molar-refractivity contribution in [2.75, 3.05) is 5.73 Å². The van der Waals surface area contributed by atoms with Crippen LogP contribution < -0.4 is 5.73 Å². The summed E-state index contributed by atoms with van der Waals surface area (Å²) < 4.78 is 0. The van der Waals surface area contributed by atoms with E-state index in [9.17, 15) is 9.59 Å². The molecule has 0 saturated carbocycles. The summed E-state index contributed by atoms with van der Waals surface area (Å²) in [6.07, 6.45) is 0. The van der Waals surface area contributed by atoms with Gasteiger partial charge in [-0.25, -0.2) is 9.59 Å². The second-order valence-electron chi connectivity index (χ2n) is 2.38. The van der Waals surface area contributed by atoms with E-state index in [1.807, 2.05) is 0 Å². The number of nitrogen functional groups attached to an aromatic ring is 1. The Kier molecular flexibility index (Phi) is 4.62. The van der Waals surface area contributed by atoms with Gasteiger partial charge in [-0.3, -0.25) is 0 Å². The van der Waals surface area contributed by atoms with Crippen LogP contribution in [0.3, 0.4) is 0 Å². The molecule has 0 saturated heterocycles. The zero-order valence-electron chi connectivity index (χ0n) is 6.52. The summed E-state index contributed by atoms with van der Waals surface area (Å²) in [6, 6.07) is 3.93. The van der Waals surface area contributed by atoms with Gasteiger partial charge in [0.15, 0.2) is 0 Å². The summed E-state index contributed by atoms with van der Waals surface area (Å²) in [5, 5.41) is 17.3. The average molecular weight is 205 g/mol. The van der Waals surface area contributed by atoms with Crippen molar-refractivity contribution in [1.82, 2.24) is 0 Å². The Morgan fingerprint density at radius 3 is 2.07 bits per heavy atom. The van der Waals surface area contributed by atoms with Crippen LogP contribution in [-0.4, -0.2) is 51.7 Å². The van der Waals surface area contributed by atoms with Crippen LogP contribution in [0.5, 0.6) is 0 Å². The first-order valence-corrected chi connectivity index (χ1v) is 3.39. The number of carbonyl (C=O) groups is 2. The molecule has 0 fully saturated rings. The van der Waals surface area contributed by atoms with E-state index in [0.717, 1.165) is 0 Å². The normalized spacial score (nSPS) is 8.86. The van der Waals surface area contributed by atoms with E-state index in [4.69, 9.17) is 15.9 Å². The molecular formula is C8H8NNaO4. The first kappa shape index (κ1) is 13.0. The Bertz CT molecular complexity index is 378. The van der Waals surface area contributed by atoms with E-state index >= 15 is 0 Å². The van der Waals surface area contributed by atoms with E-state index in [2.05, 4.69) is 0 Å². The molecule has 0 unspecified atom stereocenters. The Balaban J connectivity index is 0.00000169. The van der Waals surface area contributed by atoms with Gasteiger partial charge in [0.2, 0.25) is 0 Å². The van der Waals surface area contributed by atoms with E-state index < -0.39 is 11.9 Å². The van der Waals surface area contributed by atoms with Crippen molar-refractivity contribution in [3.63, 3.8) is 0 Å². The number of nitrogens with two attached hydrogens (primary N) is 1. The van der Waals surface area contributed by atoms with Gasteiger partial charge in [-0.15, -0.1) is 0 Å². The van der Waals surface area contributed by atoms with Gasteiger partial charge >= 0.3 is 41.5 Å². The Hall–Kier alpha value is -1.04. The van der Waals surface area contributed by atoms with Crippen LogP contribution in [0.4, 0.5) is 5.69 Å². The predicted molar refractivity (Wildman–Crippen MR) is 51.9 cm³/mol. The van der Waals surface area contributed by atoms with Gasteiger partial charge in [-0.05, 0) is 12.1 Å². The first-order chi connectivity index (χ1) is 6.04. The van der Waals surface area contributed by atoms with Crippen molar-refractivity contribution in [2.24, 2.45) is 0 Å². The molecule has 0 aliphatic carbocycles. The number of rotatable bonds is 2. The quantitative estimate of drug-likeness (QED) is 0.466. The molecule has 0 bridgehead atoms. The number of benzene rings is 1. The van der Waals surface area contributed by atoms with Gasteiger partial charge in [-0.1, -0.05) is 6.07 Å². The zero-order chi connectivity index (χ0) is 10.0. The molecule has 0 atom stereocenters. The summed E-state index contributed by atoms with van der Waals surface area (Å²) in [7, 11) is 0. The van der Waals surface area contributed by atoms with E-state index in [0.29, 0.717) is 0 Å². The predicted octanol–water partition coefficient (Wildman–Crippen LogP) is 0.0167. The van der Waals surface area contributed by atoms with Gasteiger partial charge < -0.3 is 15.9 Å². The van der Waals surface area contributed by atoms with Crippen LogP contribution in [0.1, 0.15) is 20.7 Å². The molecule has 14 heavy (non-hydrogen) atoms. The summed E-state index contributed by atoms with van der Waals surface area (Å²) in [5.74, 6) is -2.64. The van der Waals surface area contributed by atoms with Crippen LogP contribution in [-0.2, 0) is 0 Å². The van der Waals surface area contributed by atoms with Gasteiger partial charge in [-0.2, -0.15) is 0 Å². The SMILES string of the molecule is Nc1cccc(C(=O)O)c1C(=O)O.[NaH]. The Labute approximate surface area is 102 Å². The fraction of sp³-hybridized carbons (Fsp3) is 0. The maximum atomic E-state index is 10.6. The summed E-state index contributed by atoms with van der Waals surface area (Å²) in [5.41, 5.74) is 4.60. The molecule has 0 aliphatic rings. The summed E-state index contributed by atoms with van der Waals surface area (Å²) in [4.78, 5) is 21.2. The van der Waals surface area contributed by atoms with Crippen molar-refractivity contribution in [3.8, 4) is 0 Å². The van der Waals surface area contributed by atoms with E-state index in [-0.39, 0.29) is 46.4 Å². The number of carboxylic acids is 2. The van der Waals surface area contributed by atoms with Gasteiger partial charge in [0.25, 0.3) is 0 Å². The molecule has 0 aliphatic heterocycles. The zero-order valence-corrected chi connectivity index (χ0v) is 6.52. The van der Waals surface area contributed by atoms with Crippen molar-refractivity contribution in [2.45, 2.75) is 0 Å². The van der Waals surface area contributed by atoms with Crippen molar-refractivity contribution < 1.29 is 19.8 Å². The summed E-state index contributed by atoms with van der Waals surface area (Å²) in [6.45, 7) is 0. The number of aromatic carboxylic acids is 2. The summed E-state index contributed by atoms with van der Waals surface area (Å²) >= 11 is 0. The van der Waals surface area contributed by atoms with Crippen LogP contribution in [0.2, 0.25) is 0 Å². The van der Waals surface area contributed by atoms with Crippen LogP contribution in [0, 0.1) is 0 Å². The molecule has 0 spiro atoms. The minimum absolute atomic E-state index is 0. The standard InChI is InChI=1S/C8H7NO4.Na.H/c9-5-3-1-2-4(7(10)11)6(5)8(12)13;;/h1-3H,9H2,(H,10,11)(H,12,13);;. The second-order valence-corrected chi connectivity index (χ2v) is 2.38. The number of hydrogen-bond acceptors (Lipinski definition) is 3. The molecule has 0 radical (unpaired) electrons. The van der Waals surface area contributed by atoms with Crippen molar-refractivity contribution in [3.05, 3.63) is 29.3 Å². The molecule has 0 heterocycles. The monoisotopic (exact) mass is 205 g/mol. The number of hydrogen-bond donors (Lipinski definition) is 3. The molecule has 5 nitrogen and oxygen atoms in total. The van der Waals surface area contributed by atoms with Crippen LogP contribution >= 0.6 is 0 Å². The van der Waals surface area contributed by atoms with Gasteiger partial charge in [0.05, 0.1) is 11.1 Å². The molecule has 0 amide bonds. The molecule has 1 aromatic carbocycles. The molecule has 0 aromatic heterocycles. The van der Waals surface area contributed by atoms with E-state index in [1.54, 1.807) is 0 Å². The fourth-order valence-electron chi connectivity index (χ4n) is 0.987. The molecular weight excluding hydrogens is 197 g/mol. The fourth-order valence-corrected chi connectivity index (χ4v) is 0.987. The number of anilines is 1. The third-order valence-corrected chi connectivity index (χ3v) is 1.54. The Morgan fingerprint density at radius 2 is 1.71 bits per heavy atom. The van der Waals surface area contributed by atoms with Gasteiger partial charge in [0.1, 0.15) is 0 Å². The maximum absolute atomic E-state index is 10.6. The topological polar surface area (TPSA) is 101 Å². The molecule has 70 valence electrons. The third-order valence-electron chi connectivity index (χ3n) is 1.54. The van der Waals surface area contributed by atoms with Crippen LogP contribution in [0.25, 0.3) is 0 Å². The average Bonchev–Trinajstić information content (AvgIpc) is 2.02. The molecule has 6 heteroatoms. The van der Waals surface area contributed by atoms with E-state index in [1.165, 1.54) is 18.2 Å². The third kappa shape index (κ3) is 2.47. The van der Waals surface area contributed by atoms with Crippen molar-refractivity contribution >= 4 is 47.2 Å². The van der Waals surface area contributed by atoms with Crippen LogP contribution in [0.15, 0.2) is 18.2 Å². The van der Waals surface area contributed by atoms with Crippen molar-refractivity contribution in [1.29, 1.82) is 0 Å². The molecule has 4 N–H and O–H groups in total.